The molecule has 0 saturated heterocycles. The third-order valence-electron chi connectivity index (χ3n) is 10.9. The zero-order chi connectivity index (χ0) is 41.2. The highest BCUT2D eigenvalue weighted by molar-refractivity contribution is 5.93. The second kappa shape index (κ2) is 17.0. The van der Waals surface area contributed by atoms with Gasteiger partial charge in [-0.3, -0.25) is 0 Å². The molecule has 0 unspecified atom stereocenters. The Morgan fingerprint density at radius 1 is 0.357 bits per heavy atom. The lowest BCUT2D eigenvalue weighted by molar-refractivity contribution is 0.885. The Hall–Kier alpha value is -5.60. The Balaban J connectivity index is 0.000000214. The Labute approximate surface area is 338 Å². The minimum Gasteiger partial charge on any atom is -0.398 e. The predicted octanol–water partition coefficient (Wildman–Crippen LogP) is 14.0. The van der Waals surface area contributed by atoms with Gasteiger partial charge in [0.15, 0.2) is 0 Å². The van der Waals surface area contributed by atoms with Gasteiger partial charge in [-0.2, -0.15) is 0 Å². The van der Waals surface area contributed by atoms with E-state index in [0.29, 0.717) is 0 Å². The molecule has 0 bridgehead atoms. The molecule has 6 aromatic rings. The summed E-state index contributed by atoms with van der Waals surface area (Å²) in [6, 6.07) is 35.3. The fourth-order valence-electron chi connectivity index (χ4n) is 8.36. The maximum absolute atomic E-state index is 6.78. The van der Waals surface area contributed by atoms with Crippen LogP contribution >= 0.6 is 0 Å². The molecule has 0 aromatic heterocycles. The van der Waals surface area contributed by atoms with E-state index >= 15 is 0 Å². The molecular weight excluding hydrogens is 677 g/mol. The van der Waals surface area contributed by atoms with E-state index in [2.05, 4.69) is 193 Å². The van der Waals surface area contributed by atoms with Gasteiger partial charge in [0.2, 0.25) is 0 Å². The molecule has 6 rings (SSSR count). The topological polar surface area (TPSA) is 52.0 Å². The molecule has 2 atom stereocenters. The van der Waals surface area contributed by atoms with E-state index in [-0.39, 0.29) is 11.8 Å². The van der Waals surface area contributed by atoms with Crippen molar-refractivity contribution >= 4 is 22.5 Å². The average molecular weight is 739 g/mol. The number of aryl methyl sites for hydroxylation is 10. The molecule has 288 valence electrons. The van der Waals surface area contributed by atoms with E-state index in [9.17, 15) is 0 Å². The van der Waals surface area contributed by atoms with E-state index in [1.165, 1.54) is 72.3 Å². The second-order valence-electron chi connectivity index (χ2n) is 16.6. The second-order valence-corrected chi connectivity index (χ2v) is 16.6. The molecule has 2 heteroatoms. The van der Waals surface area contributed by atoms with Crippen LogP contribution in [0.15, 0.2) is 110 Å². The summed E-state index contributed by atoms with van der Waals surface area (Å²) in [6.45, 7) is 34.6. The molecule has 0 heterocycles. The van der Waals surface area contributed by atoms with Crippen molar-refractivity contribution in [2.24, 2.45) is 0 Å². The summed E-state index contributed by atoms with van der Waals surface area (Å²) in [7, 11) is 0. The number of anilines is 2. The average Bonchev–Trinajstić information content (AvgIpc) is 3.10. The van der Waals surface area contributed by atoms with E-state index in [4.69, 9.17) is 11.5 Å². The van der Waals surface area contributed by atoms with Crippen LogP contribution in [-0.4, -0.2) is 0 Å². The molecule has 0 amide bonds. The first-order valence-corrected chi connectivity index (χ1v) is 19.8. The summed E-state index contributed by atoms with van der Waals surface area (Å²) in [5.74, 6) is 0.535. The highest BCUT2D eigenvalue weighted by Gasteiger charge is 2.20. The highest BCUT2D eigenvalue weighted by Crippen LogP contribution is 2.39. The summed E-state index contributed by atoms with van der Waals surface area (Å²) >= 11 is 0. The molecule has 6 aromatic carbocycles. The molecule has 0 aliphatic rings. The SMILES string of the molecule is C=C(c1cc(C)cc(C)c1)c1cc(C)cc(C(=C)c2cc(C)cc(C)c2)c1N.Cc1cc(C)cc([C@@H](C)c2cc(C)cc([C@H](C)c3cc(C)cc(C)c3)c2N)c1. The smallest absolute Gasteiger partial charge is 0.0473 e. The van der Waals surface area contributed by atoms with Crippen molar-refractivity contribution in [3.05, 3.63) is 210 Å². The van der Waals surface area contributed by atoms with Crippen LogP contribution in [0, 0.1) is 69.2 Å². The van der Waals surface area contributed by atoms with E-state index in [0.717, 1.165) is 50.3 Å². The van der Waals surface area contributed by atoms with Crippen molar-refractivity contribution < 1.29 is 0 Å². The largest absolute Gasteiger partial charge is 0.398 e. The van der Waals surface area contributed by atoms with Crippen LogP contribution < -0.4 is 11.5 Å². The van der Waals surface area contributed by atoms with Gasteiger partial charge in [0.25, 0.3) is 0 Å². The van der Waals surface area contributed by atoms with E-state index in [1.54, 1.807) is 0 Å². The Morgan fingerprint density at radius 3 is 0.911 bits per heavy atom. The molecule has 2 nitrogen and oxygen atoms in total. The van der Waals surface area contributed by atoms with Crippen LogP contribution in [0.25, 0.3) is 11.1 Å². The predicted molar refractivity (Wildman–Crippen MR) is 246 cm³/mol. The first kappa shape index (κ1) is 41.6. The molecule has 0 radical (unpaired) electrons. The van der Waals surface area contributed by atoms with Crippen LogP contribution in [0.4, 0.5) is 11.4 Å². The summed E-state index contributed by atoms with van der Waals surface area (Å²) in [4.78, 5) is 0. The van der Waals surface area contributed by atoms with E-state index in [1.807, 2.05) is 0 Å². The summed E-state index contributed by atoms with van der Waals surface area (Å²) in [5.41, 5.74) is 38.8. The first-order chi connectivity index (χ1) is 26.3. The molecule has 56 heavy (non-hydrogen) atoms. The molecule has 0 aliphatic heterocycles. The maximum Gasteiger partial charge on any atom is 0.0473 e. The molecule has 0 fully saturated rings. The monoisotopic (exact) mass is 738 g/mol. The van der Waals surface area contributed by atoms with Crippen molar-refractivity contribution in [3.63, 3.8) is 0 Å². The number of rotatable bonds is 8. The fraction of sp³-hybridized carbons (Fsp3) is 0.259. The van der Waals surface area contributed by atoms with Crippen LogP contribution in [0.5, 0.6) is 0 Å². The molecule has 4 N–H and O–H groups in total. The van der Waals surface area contributed by atoms with Gasteiger partial charge < -0.3 is 11.5 Å². The lowest BCUT2D eigenvalue weighted by Crippen LogP contribution is -2.09. The minimum atomic E-state index is 0.267. The lowest BCUT2D eigenvalue weighted by Gasteiger charge is -2.23. The van der Waals surface area contributed by atoms with Crippen molar-refractivity contribution in [2.75, 3.05) is 11.5 Å². The maximum atomic E-state index is 6.78. The van der Waals surface area contributed by atoms with Gasteiger partial charge in [-0.1, -0.05) is 162 Å². The number of hydrogen-bond donors (Lipinski definition) is 2. The van der Waals surface area contributed by atoms with Crippen molar-refractivity contribution in [2.45, 2.75) is 94.9 Å². The van der Waals surface area contributed by atoms with Gasteiger partial charge in [-0.25, -0.2) is 0 Å². The Morgan fingerprint density at radius 2 is 0.607 bits per heavy atom. The number of benzene rings is 6. The van der Waals surface area contributed by atoms with Gasteiger partial charge in [0.1, 0.15) is 0 Å². The zero-order valence-electron chi connectivity index (χ0n) is 36.0. The lowest BCUT2D eigenvalue weighted by atomic mass is 9.83. The van der Waals surface area contributed by atoms with Crippen LogP contribution in [0.1, 0.15) is 126 Å². The third-order valence-corrected chi connectivity index (χ3v) is 10.9. The fourth-order valence-corrected chi connectivity index (χ4v) is 8.36. The van der Waals surface area contributed by atoms with Gasteiger partial charge in [0, 0.05) is 34.3 Å². The van der Waals surface area contributed by atoms with Crippen LogP contribution in [-0.2, 0) is 0 Å². The first-order valence-electron chi connectivity index (χ1n) is 19.8. The minimum absolute atomic E-state index is 0.267. The van der Waals surface area contributed by atoms with Gasteiger partial charge in [-0.05, 0) is 131 Å². The van der Waals surface area contributed by atoms with Gasteiger partial charge in [0.05, 0.1) is 0 Å². The van der Waals surface area contributed by atoms with Crippen LogP contribution in [0.2, 0.25) is 0 Å². The van der Waals surface area contributed by atoms with Crippen molar-refractivity contribution in [1.29, 1.82) is 0 Å². The standard InChI is InChI=1S/C27H33N.C27H29N/c2*1-16-8-17(2)11-23(10-16)21(6)25-14-20(5)15-26(27(25)28)22(7)24-12-18(3)9-19(4)13-24/h8-15,21-22H,28H2,1-7H3;8-15H,6-7,28H2,1-5H3/t21-,22-;/m1./s1. The normalized spacial score (nSPS) is 12.1. The third kappa shape index (κ3) is 9.61. The Bertz CT molecular complexity index is 2210. The number of nitrogens with two attached hydrogens (primary N) is 2. The van der Waals surface area contributed by atoms with Gasteiger partial charge >= 0.3 is 0 Å². The molecule has 0 aliphatic carbocycles. The number of nitrogen functional groups attached to an aromatic ring is 2. The van der Waals surface area contributed by atoms with Gasteiger partial charge in [-0.15, -0.1) is 0 Å². The zero-order valence-corrected chi connectivity index (χ0v) is 36.0. The summed E-state index contributed by atoms with van der Waals surface area (Å²) in [5, 5.41) is 0. The highest BCUT2D eigenvalue weighted by atomic mass is 14.6. The van der Waals surface area contributed by atoms with E-state index < -0.39 is 0 Å². The Kier molecular flexibility index (Phi) is 12.6. The summed E-state index contributed by atoms with van der Waals surface area (Å²) in [6.07, 6.45) is 0. The van der Waals surface area contributed by atoms with Crippen LogP contribution in [0.3, 0.4) is 0 Å². The molecule has 0 spiro atoms. The molecule has 0 saturated carbocycles. The molecular formula is C54H62N2. The van der Waals surface area contributed by atoms with Crippen molar-refractivity contribution in [1.82, 2.24) is 0 Å². The number of hydrogen-bond acceptors (Lipinski definition) is 2. The quantitative estimate of drug-likeness (QED) is 0.153. The summed E-state index contributed by atoms with van der Waals surface area (Å²) < 4.78 is 0. The van der Waals surface area contributed by atoms with Crippen molar-refractivity contribution in [3.8, 4) is 0 Å².